The lowest BCUT2D eigenvalue weighted by atomic mass is 10.2. The van der Waals surface area contributed by atoms with Crippen LogP contribution in [0.2, 0.25) is 0 Å². The molecule has 17 heavy (non-hydrogen) atoms. The lowest BCUT2D eigenvalue weighted by Gasteiger charge is -2.20. The van der Waals surface area contributed by atoms with Gasteiger partial charge in [0.2, 0.25) is 5.91 Å². The van der Waals surface area contributed by atoms with Gasteiger partial charge in [0.05, 0.1) is 5.25 Å². The normalized spacial score (nSPS) is 13.2. The van der Waals surface area contributed by atoms with Crippen molar-refractivity contribution in [2.24, 2.45) is 0 Å². The first-order valence-corrected chi connectivity index (χ1v) is 7.07. The standard InChI is InChI=1S/C11H21NO4S/c1-5-6-10(17(14,15)16)7-8-12(4)11(13)9(2)3/h10H,2,5-8H2,1,3-4H3,(H,14,15,16). The van der Waals surface area contributed by atoms with Gasteiger partial charge in [0.15, 0.2) is 0 Å². The maximum Gasteiger partial charge on any atom is 0.267 e. The van der Waals surface area contributed by atoms with E-state index < -0.39 is 15.4 Å². The first-order valence-electron chi connectivity index (χ1n) is 5.57. The van der Waals surface area contributed by atoms with Crippen LogP contribution in [0.1, 0.15) is 33.1 Å². The molecule has 100 valence electrons. The van der Waals surface area contributed by atoms with Gasteiger partial charge in [0.1, 0.15) is 0 Å². The molecule has 1 amide bonds. The molecule has 0 heterocycles. The van der Waals surface area contributed by atoms with Crippen LogP contribution < -0.4 is 0 Å². The molecule has 0 aliphatic carbocycles. The van der Waals surface area contributed by atoms with Gasteiger partial charge < -0.3 is 4.90 Å². The summed E-state index contributed by atoms with van der Waals surface area (Å²) in [7, 11) is -2.44. The van der Waals surface area contributed by atoms with E-state index in [1.54, 1.807) is 14.0 Å². The van der Waals surface area contributed by atoms with Crippen LogP contribution in [0.3, 0.4) is 0 Å². The molecular formula is C11H21NO4S. The first kappa shape index (κ1) is 16.1. The maximum absolute atomic E-state index is 11.5. The minimum atomic E-state index is -4.03. The third-order valence-corrected chi connectivity index (χ3v) is 3.84. The number of hydrogen-bond acceptors (Lipinski definition) is 3. The summed E-state index contributed by atoms with van der Waals surface area (Å²) in [6.07, 6.45) is 1.30. The minimum absolute atomic E-state index is 0.212. The first-order chi connectivity index (χ1) is 7.70. The third kappa shape index (κ3) is 5.83. The van der Waals surface area contributed by atoms with Crippen LogP contribution in [0.5, 0.6) is 0 Å². The Morgan fingerprint density at radius 3 is 2.29 bits per heavy atom. The average Bonchev–Trinajstić information content (AvgIpc) is 2.20. The summed E-state index contributed by atoms with van der Waals surface area (Å²) >= 11 is 0. The molecule has 0 saturated carbocycles. The van der Waals surface area contributed by atoms with Crippen LogP contribution in [0.4, 0.5) is 0 Å². The van der Waals surface area contributed by atoms with Gasteiger partial charge in [0.25, 0.3) is 10.1 Å². The zero-order valence-electron chi connectivity index (χ0n) is 10.6. The second-order valence-electron chi connectivity index (χ2n) is 4.22. The van der Waals surface area contributed by atoms with Crippen LogP contribution in [0.15, 0.2) is 12.2 Å². The van der Waals surface area contributed by atoms with Crippen LogP contribution in [0, 0.1) is 0 Å². The smallest absolute Gasteiger partial charge is 0.267 e. The molecule has 0 rings (SSSR count). The quantitative estimate of drug-likeness (QED) is 0.557. The van der Waals surface area contributed by atoms with Gasteiger partial charge in [-0.25, -0.2) is 0 Å². The summed E-state index contributed by atoms with van der Waals surface area (Å²) in [5.41, 5.74) is 0.409. The Morgan fingerprint density at radius 2 is 1.94 bits per heavy atom. The molecule has 5 nitrogen and oxygen atoms in total. The molecule has 0 spiro atoms. The SMILES string of the molecule is C=C(C)C(=O)N(C)CCC(CCC)S(=O)(=O)O. The van der Waals surface area contributed by atoms with Gasteiger partial charge in [-0.3, -0.25) is 9.35 Å². The van der Waals surface area contributed by atoms with Crippen molar-refractivity contribution in [3.05, 3.63) is 12.2 Å². The van der Waals surface area contributed by atoms with Crippen molar-refractivity contribution in [2.75, 3.05) is 13.6 Å². The average molecular weight is 263 g/mol. The van der Waals surface area contributed by atoms with Gasteiger partial charge in [-0.15, -0.1) is 0 Å². The molecule has 1 N–H and O–H groups in total. The molecule has 0 aliphatic heterocycles. The lowest BCUT2D eigenvalue weighted by Crippen LogP contribution is -2.32. The highest BCUT2D eigenvalue weighted by molar-refractivity contribution is 7.86. The Labute approximate surface area is 103 Å². The molecule has 1 atom stereocenters. The predicted octanol–water partition coefficient (Wildman–Crippen LogP) is 1.47. The Hall–Kier alpha value is -0.880. The Bertz CT molecular complexity index is 375. The summed E-state index contributed by atoms with van der Waals surface area (Å²) in [6.45, 7) is 7.27. The van der Waals surface area contributed by atoms with Crippen LogP contribution in [0.25, 0.3) is 0 Å². The third-order valence-electron chi connectivity index (χ3n) is 2.53. The molecule has 6 heteroatoms. The Morgan fingerprint density at radius 1 is 1.41 bits per heavy atom. The molecule has 0 aromatic rings. The molecule has 0 radical (unpaired) electrons. The topological polar surface area (TPSA) is 74.7 Å². The molecule has 0 aromatic heterocycles. The second-order valence-corrected chi connectivity index (χ2v) is 5.92. The number of hydrogen-bond donors (Lipinski definition) is 1. The molecule has 0 bridgehead atoms. The Balaban J connectivity index is 4.42. The van der Waals surface area contributed by atoms with Crippen molar-refractivity contribution in [3.63, 3.8) is 0 Å². The largest absolute Gasteiger partial charge is 0.342 e. The van der Waals surface area contributed by atoms with E-state index >= 15 is 0 Å². The number of rotatable bonds is 7. The highest BCUT2D eigenvalue weighted by Gasteiger charge is 2.23. The van der Waals surface area contributed by atoms with Gasteiger partial charge in [-0.05, 0) is 19.8 Å². The van der Waals surface area contributed by atoms with Gasteiger partial charge in [-0.1, -0.05) is 19.9 Å². The molecular weight excluding hydrogens is 242 g/mol. The summed E-state index contributed by atoms with van der Waals surface area (Å²) in [5, 5.41) is -0.798. The highest BCUT2D eigenvalue weighted by Crippen LogP contribution is 2.12. The molecule has 0 aliphatic rings. The summed E-state index contributed by atoms with van der Waals surface area (Å²) in [5.74, 6) is -0.212. The maximum atomic E-state index is 11.5. The van der Waals surface area contributed by atoms with E-state index in [2.05, 4.69) is 6.58 Å². The summed E-state index contributed by atoms with van der Waals surface area (Å²) in [6, 6.07) is 0. The van der Waals surface area contributed by atoms with E-state index in [0.29, 0.717) is 18.4 Å². The fourth-order valence-electron chi connectivity index (χ4n) is 1.53. The van der Waals surface area contributed by atoms with Gasteiger partial charge in [-0.2, -0.15) is 8.42 Å². The zero-order valence-corrected chi connectivity index (χ0v) is 11.5. The second kappa shape index (κ2) is 6.76. The summed E-state index contributed by atoms with van der Waals surface area (Å²) in [4.78, 5) is 12.9. The van der Waals surface area contributed by atoms with Crippen LogP contribution >= 0.6 is 0 Å². The number of likely N-dealkylation sites (N-methyl/N-ethyl adjacent to an activating group) is 1. The van der Waals surface area contributed by atoms with Crippen LogP contribution in [-0.2, 0) is 14.9 Å². The van der Waals surface area contributed by atoms with E-state index in [0.717, 1.165) is 0 Å². The number of amides is 1. The fraction of sp³-hybridized carbons (Fsp3) is 0.727. The van der Waals surface area contributed by atoms with Crippen LogP contribution in [-0.4, -0.2) is 42.6 Å². The van der Waals surface area contributed by atoms with E-state index in [1.165, 1.54) is 4.90 Å². The number of carbonyl (C=O) groups is 1. The lowest BCUT2D eigenvalue weighted by molar-refractivity contribution is -0.125. The number of carbonyl (C=O) groups excluding carboxylic acids is 1. The van der Waals surface area contributed by atoms with Gasteiger partial charge in [0, 0.05) is 19.2 Å². The van der Waals surface area contributed by atoms with E-state index in [4.69, 9.17) is 4.55 Å². The van der Waals surface area contributed by atoms with E-state index in [1.807, 2.05) is 6.92 Å². The van der Waals surface area contributed by atoms with Crippen molar-refractivity contribution >= 4 is 16.0 Å². The molecule has 0 aromatic carbocycles. The Kier molecular flexibility index (Phi) is 6.41. The highest BCUT2D eigenvalue weighted by atomic mass is 32.2. The minimum Gasteiger partial charge on any atom is -0.342 e. The summed E-state index contributed by atoms with van der Waals surface area (Å²) < 4.78 is 31.2. The number of nitrogens with zero attached hydrogens (tertiary/aromatic N) is 1. The van der Waals surface area contributed by atoms with Crippen molar-refractivity contribution < 1.29 is 17.8 Å². The molecule has 1 unspecified atom stereocenters. The monoisotopic (exact) mass is 263 g/mol. The van der Waals surface area contributed by atoms with Crippen molar-refractivity contribution in [3.8, 4) is 0 Å². The zero-order chi connectivity index (χ0) is 13.6. The molecule has 0 fully saturated rings. The predicted molar refractivity (Wildman–Crippen MR) is 67.3 cm³/mol. The van der Waals surface area contributed by atoms with Crippen molar-refractivity contribution in [1.29, 1.82) is 0 Å². The van der Waals surface area contributed by atoms with Crippen molar-refractivity contribution in [2.45, 2.75) is 38.4 Å². The van der Waals surface area contributed by atoms with Crippen molar-refractivity contribution in [1.82, 2.24) is 4.90 Å². The van der Waals surface area contributed by atoms with E-state index in [-0.39, 0.29) is 18.9 Å². The van der Waals surface area contributed by atoms with E-state index in [9.17, 15) is 13.2 Å². The molecule has 0 saturated heterocycles. The van der Waals surface area contributed by atoms with Gasteiger partial charge >= 0.3 is 0 Å². The fourth-order valence-corrected chi connectivity index (χ4v) is 2.47.